The normalized spacial score (nSPS) is 11.3. The Labute approximate surface area is 198 Å². The number of aromatic nitrogens is 4. The lowest BCUT2D eigenvalue weighted by Crippen LogP contribution is -2.55. The zero-order valence-electron chi connectivity index (χ0n) is 18.1. The first kappa shape index (κ1) is 22.7. The third-order valence-corrected chi connectivity index (χ3v) is 5.50. The summed E-state index contributed by atoms with van der Waals surface area (Å²) in [5.74, 6) is 0.728. The van der Waals surface area contributed by atoms with Crippen LogP contribution in [-0.4, -0.2) is 64.9 Å². The Hall–Kier alpha value is -3.48. The van der Waals surface area contributed by atoms with Crippen LogP contribution in [0.3, 0.4) is 0 Å². The zero-order valence-corrected chi connectivity index (χ0v) is 18.1. The summed E-state index contributed by atoms with van der Waals surface area (Å²) in [5.41, 5.74) is 3.58. The standard InChI is InChI=1S/C22H14B5N5O/c1-10-28-9-15(32(10)2)11-3-5-14-12(7-11)8-16(31-30-14)29-17(33)6-4-13-18(23)20(25)22(27)21(26)19(13)24/h3-9H,1-2H3,(H,29,31,33)/b6-4+. The SMILES string of the molecule is [B]c1c([B])c([B])c(/C=C/C(=O)Nc2cc3cc(-c4cnc(C)n4C)ccc3nn2)c([B])c1[B]. The Morgan fingerprint density at radius 2 is 1.64 bits per heavy atom. The van der Waals surface area contributed by atoms with Gasteiger partial charge in [-0.25, -0.2) is 4.98 Å². The third-order valence-electron chi connectivity index (χ3n) is 5.50. The van der Waals surface area contributed by atoms with E-state index in [2.05, 4.69) is 20.5 Å². The minimum Gasteiger partial charge on any atom is -0.331 e. The number of benzene rings is 2. The summed E-state index contributed by atoms with van der Waals surface area (Å²) >= 11 is 0. The molecule has 148 valence electrons. The highest BCUT2D eigenvalue weighted by molar-refractivity contribution is 6.67. The first-order valence-corrected chi connectivity index (χ1v) is 9.94. The second-order valence-electron chi connectivity index (χ2n) is 7.56. The predicted octanol–water partition coefficient (Wildman–Crippen LogP) is -2.04. The van der Waals surface area contributed by atoms with Gasteiger partial charge >= 0.3 is 0 Å². The molecule has 2 heterocycles. The molecule has 33 heavy (non-hydrogen) atoms. The summed E-state index contributed by atoms with van der Waals surface area (Å²) in [7, 11) is 31.4. The van der Waals surface area contributed by atoms with Crippen LogP contribution in [0, 0.1) is 6.92 Å². The molecule has 4 rings (SSSR count). The quantitative estimate of drug-likeness (QED) is 0.306. The number of imidazole rings is 1. The third kappa shape index (κ3) is 4.27. The number of anilines is 1. The summed E-state index contributed by atoms with van der Waals surface area (Å²) in [4.78, 5) is 16.8. The Morgan fingerprint density at radius 1 is 0.970 bits per heavy atom. The number of aryl methyl sites for hydroxylation is 1. The number of fused-ring (bicyclic) bond motifs is 1. The molecular weight excluding hydrogens is 404 g/mol. The molecule has 10 radical (unpaired) electrons. The van der Waals surface area contributed by atoms with Gasteiger partial charge < -0.3 is 9.88 Å². The number of rotatable bonds is 4. The maximum atomic E-state index is 12.5. The van der Waals surface area contributed by atoms with E-state index in [9.17, 15) is 4.79 Å². The van der Waals surface area contributed by atoms with Gasteiger partial charge in [0, 0.05) is 24.1 Å². The van der Waals surface area contributed by atoms with Crippen LogP contribution in [0.15, 0.2) is 36.5 Å². The fourth-order valence-electron chi connectivity index (χ4n) is 3.41. The largest absolute Gasteiger partial charge is 0.331 e. The van der Waals surface area contributed by atoms with E-state index in [-0.39, 0.29) is 33.1 Å². The van der Waals surface area contributed by atoms with Gasteiger partial charge in [0.05, 0.1) is 17.4 Å². The second kappa shape index (κ2) is 8.81. The number of carbonyl (C=O) groups is 1. The van der Waals surface area contributed by atoms with Crippen molar-refractivity contribution >= 4 is 95.2 Å². The molecule has 2 aromatic heterocycles. The summed E-state index contributed by atoms with van der Waals surface area (Å²) in [5, 5.41) is 11.7. The van der Waals surface area contributed by atoms with Crippen molar-refractivity contribution < 1.29 is 4.79 Å². The van der Waals surface area contributed by atoms with Gasteiger partial charge in [-0.2, -0.15) is 0 Å². The minimum atomic E-state index is -0.463. The molecule has 0 atom stereocenters. The maximum absolute atomic E-state index is 12.5. The van der Waals surface area contributed by atoms with Crippen LogP contribution < -0.4 is 32.6 Å². The monoisotopic (exact) mass is 419 g/mol. The van der Waals surface area contributed by atoms with Crippen LogP contribution >= 0.6 is 0 Å². The van der Waals surface area contributed by atoms with Crippen molar-refractivity contribution in [1.82, 2.24) is 19.7 Å². The molecule has 0 aliphatic carbocycles. The summed E-state index contributed by atoms with van der Waals surface area (Å²) in [6, 6.07) is 7.52. The van der Waals surface area contributed by atoms with Gasteiger partial charge in [-0.3, -0.25) is 4.79 Å². The average Bonchev–Trinajstić information content (AvgIpc) is 3.14. The molecule has 0 saturated heterocycles. The van der Waals surface area contributed by atoms with E-state index in [4.69, 9.17) is 39.2 Å². The highest BCUT2D eigenvalue weighted by atomic mass is 16.1. The molecule has 0 fully saturated rings. The molecule has 0 aliphatic rings. The molecule has 6 nitrogen and oxygen atoms in total. The summed E-state index contributed by atoms with van der Waals surface area (Å²) in [6.07, 6.45) is 4.48. The molecule has 2 aromatic carbocycles. The van der Waals surface area contributed by atoms with Crippen molar-refractivity contribution in [3.8, 4) is 11.3 Å². The smallest absolute Gasteiger partial charge is 0.249 e. The van der Waals surface area contributed by atoms with Gasteiger partial charge in [-0.05, 0) is 30.7 Å². The molecule has 4 aromatic rings. The highest BCUT2D eigenvalue weighted by Crippen LogP contribution is 2.24. The molecule has 0 unspecified atom stereocenters. The Kier molecular flexibility index (Phi) is 6.06. The van der Waals surface area contributed by atoms with Crippen LogP contribution in [0.4, 0.5) is 5.82 Å². The molecule has 0 bridgehead atoms. The lowest BCUT2D eigenvalue weighted by atomic mass is 9.60. The molecular formula is C22H14B5N5O. The topological polar surface area (TPSA) is 72.7 Å². The van der Waals surface area contributed by atoms with E-state index in [1.807, 2.05) is 42.9 Å². The average molecular weight is 418 g/mol. The molecule has 0 saturated carbocycles. The minimum absolute atomic E-state index is 0.110. The summed E-state index contributed by atoms with van der Waals surface area (Å²) in [6.45, 7) is 1.94. The van der Waals surface area contributed by atoms with Crippen molar-refractivity contribution in [3.05, 3.63) is 47.9 Å². The number of nitrogens with one attached hydrogen (secondary N) is 1. The molecule has 11 heteroatoms. The van der Waals surface area contributed by atoms with E-state index in [0.29, 0.717) is 11.1 Å². The highest BCUT2D eigenvalue weighted by Gasteiger charge is 2.10. The Morgan fingerprint density at radius 3 is 2.27 bits per heavy atom. The lowest BCUT2D eigenvalue weighted by Gasteiger charge is -2.18. The van der Waals surface area contributed by atoms with Gasteiger partial charge in [0.2, 0.25) is 5.91 Å². The van der Waals surface area contributed by atoms with Gasteiger partial charge in [0.25, 0.3) is 0 Å². The number of carbonyl (C=O) groups excluding carboxylic acids is 1. The van der Waals surface area contributed by atoms with E-state index in [1.165, 1.54) is 12.2 Å². The van der Waals surface area contributed by atoms with Crippen LogP contribution in [0.1, 0.15) is 11.4 Å². The van der Waals surface area contributed by atoms with E-state index >= 15 is 0 Å². The predicted molar refractivity (Wildman–Crippen MR) is 138 cm³/mol. The van der Waals surface area contributed by atoms with Crippen LogP contribution in [0.2, 0.25) is 0 Å². The lowest BCUT2D eigenvalue weighted by molar-refractivity contribution is -0.111. The van der Waals surface area contributed by atoms with Gasteiger partial charge in [-0.1, -0.05) is 23.1 Å². The van der Waals surface area contributed by atoms with Gasteiger partial charge in [0.15, 0.2) is 5.82 Å². The number of nitrogens with zero attached hydrogens (tertiary/aromatic N) is 4. The molecule has 1 amide bonds. The van der Waals surface area contributed by atoms with Crippen molar-refractivity contribution in [1.29, 1.82) is 0 Å². The second-order valence-corrected chi connectivity index (χ2v) is 7.56. The van der Waals surface area contributed by atoms with Gasteiger partial charge in [-0.15, -0.1) is 26.6 Å². The first-order chi connectivity index (χ1) is 15.7. The fourth-order valence-corrected chi connectivity index (χ4v) is 3.41. The number of hydrogen-bond donors (Lipinski definition) is 1. The van der Waals surface area contributed by atoms with Crippen molar-refractivity contribution in [2.45, 2.75) is 6.92 Å². The summed E-state index contributed by atoms with van der Waals surface area (Å²) < 4.78 is 2.00. The number of amides is 1. The van der Waals surface area contributed by atoms with Crippen molar-refractivity contribution in [2.24, 2.45) is 7.05 Å². The molecule has 0 spiro atoms. The van der Waals surface area contributed by atoms with Crippen molar-refractivity contribution in [3.63, 3.8) is 0 Å². The van der Waals surface area contributed by atoms with Gasteiger partial charge in [0.1, 0.15) is 45.1 Å². The van der Waals surface area contributed by atoms with E-state index in [1.54, 1.807) is 6.07 Å². The van der Waals surface area contributed by atoms with Crippen LogP contribution in [0.25, 0.3) is 28.2 Å². The van der Waals surface area contributed by atoms with Crippen LogP contribution in [0.5, 0.6) is 0 Å². The fraction of sp³-hybridized carbons (Fsp3) is 0.0909. The van der Waals surface area contributed by atoms with E-state index < -0.39 is 5.91 Å². The van der Waals surface area contributed by atoms with Crippen molar-refractivity contribution in [2.75, 3.05) is 5.32 Å². The van der Waals surface area contributed by atoms with Crippen LogP contribution in [-0.2, 0) is 11.8 Å². The molecule has 1 N–H and O–H groups in total. The zero-order chi connectivity index (χ0) is 23.9. The Balaban J connectivity index is 1.59. The van der Waals surface area contributed by atoms with E-state index in [0.717, 1.165) is 22.5 Å². The Bertz CT molecular complexity index is 1420. The first-order valence-electron chi connectivity index (χ1n) is 9.94. The molecule has 0 aliphatic heterocycles. The number of hydrogen-bond acceptors (Lipinski definition) is 4. The maximum Gasteiger partial charge on any atom is 0.249 e.